The van der Waals surface area contributed by atoms with Crippen LogP contribution in [-0.4, -0.2) is 33.5 Å². The molecule has 2 aromatic heterocycles. The molecule has 5 N–H and O–H groups in total. The lowest BCUT2D eigenvalue weighted by atomic mass is 9.96. The number of aromatic nitrogens is 3. The third-order valence-corrected chi connectivity index (χ3v) is 5.38. The Labute approximate surface area is 190 Å². The molecule has 168 valence electrons. The first-order valence-corrected chi connectivity index (χ1v) is 10.3. The maximum atomic E-state index is 13.6. The summed E-state index contributed by atoms with van der Waals surface area (Å²) in [5.74, 6) is 0.551. The lowest BCUT2D eigenvalue weighted by Crippen LogP contribution is -2.19. The van der Waals surface area contributed by atoms with Crippen molar-refractivity contribution < 1.29 is 14.3 Å². The third kappa shape index (κ3) is 3.96. The van der Waals surface area contributed by atoms with E-state index in [1.807, 2.05) is 30.5 Å². The van der Waals surface area contributed by atoms with Crippen molar-refractivity contribution in [1.29, 1.82) is 0 Å². The fourth-order valence-electron chi connectivity index (χ4n) is 3.85. The van der Waals surface area contributed by atoms with Crippen molar-refractivity contribution in [3.63, 3.8) is 0 Å². The number of carbonyl (C=O) groups is 2. The molecule has 0 saturated carbocycles. The number of nitrogens with two attached hydrogens (primary N) is 2. The van der Waals surface area contributed by atoms with Crippen LogP contribution in [0.25, 0.3) is 22.2 Å². The maximum absolute atomic E-state index is 13.6. The van der Waals surface area contributed by atoms with Crippen LogP contribution in [0.1, 0.15) is 35.8 Å². The van der Waals surface area contributed by atoms with Crippen LogP contribution >= 0.6 is 0 Å². The number of hydrogen-bond acceptors (Lipinski definition) is 6. The fourth-order valence-corrected chi connectivity index (χ4v) is 3.85. The van der Waals surface area contributed by atoms with Crippen LogP contribution in [0.2, 0.25) is 0 Å². The fraction of sp³-hybridized carbons (Fsp3) is 0.167. The van der Waals surface area contributed by atoms with Gasteiger partial charge in [-0.25, -0.2) is 14.8 Å². The number of para-hydroxylation sites is 1. The molecule has 4 rings (SSSR count). The van der Waals surface area contributed by atoms with Crippen LogP contribution in [0, 0.1) is 0 Å². The lowest BCUT2D eigenvalue weighted by Gasteiger charge is -2.14. The van der Waals surface area contributed by atoms with Crippen LogP contribution < -0.4 is 21.5 Å². The number of primary amides is 1. The number of carbonyl (C=O) groups excluding carboxylic acids is 2. The van der Waals surface area contributed by atoms with Gasteiger partial charge in [-0.05, 0) is 38.1 Å². The van der Waals surface area contributed by atoms with Crippen molar-refractivity contribution in [2.75, 3.05) is 18.2 Å². The molecule has 9 heteroatoms. The molecule has 2 heterocycles. The van der Waals surface area contributed by atoms with Gasteiger partial charge in [0, 0.05) is 28.9 Å². The Hall–Kier alpha value is -4.40. The molecule has 4 aromatic rings. The average molecular weight is 444 g/mol. The largest absolute Gasteiger partial charge is 0.496 e. The number of fused-ring (bicyclic) bond motifs is 1. The normalized spacial score (nSPS) is 11.0. The maximum Gasteiger partial charge on any atom is 0.316 e. The Bertz CT molecular complexity index is 1380. The molecule has 33 heavy (non-hydrogen) atoms. The van der Waals surface area contributed by atoms with Crippen molar-refractivity contribution in [2.24, 2.45) is 5.73 Å². The lowest BCUT2D eigenvalue weighted by molar-refractivity contribution is 0.104. The summed E-state index contributed by atoms with van der Waals surface area (Å²) in [6.45, 7) is 4.00. The molecule has 0 radical (unpaired) electrons. The first-order valence-electron chi connectivity index (χ1n) is 10.3. The van der Waals surface area contributed by atoms with Crippen LogP contribution in [0.4, 0.5) is 16.3 Å². The molecule has 2 amide bonds. The summed E-state index contributed by atoms with van der Waals surface area (Å²) in [7, 11) is 1.54. The van der Waals surface area contributed by atoms with E-state index in [2.05, 4.69) is 15.3 Å². The highest BCUT2D eigenvalue weighted by molar-refractivity contribution is 6.18. The number of anilines is 2. The number of ether oxygens (including phenoxy) is 1. The minimum absolute atomic E-state index is 0.0709. The average Bonchev–Trinajstić information content (AvgIpc) is 3.19. The minimum Gasteiger partial charge on any atom is -0.496 e. The van der Waals surface area contributed by atoms with E-state index >= 15 is 0 Å². The topological polar surface area (TPSA) is 138 Å². The van der Waals surface area contributed by atoms with Gasteiger partial charge in [0.2, 0.25) is 0 Å². The van der Waals surface area contributed by atoms with Gasteiger partial charge in [-0.2, -0.15) is 0 Å². The molecule has 0 fully saturated rings. The second-order valence-electron chi connectivity index (χ2n) is 7.78. The number of nitrogens with one attached hydrogen (secondary N) is 1. The van der Waals surface area contributed by atoms with E-state index in [1.165, 1.54) is 6.33 Å². The summed E-state index contributed by atoms with van der Waals surface area (Å²) in [6.07, 6.45) is 3.15. The zero-order valence-electron chi connectivity index (χ0n) is 18.5. The molecular weight excluding hydrogens is 420 g/mol. The number of benzene rings is 2. The van der Waals surface area contributed by atoms with Gasteiger partial charge in [-0.1, -0.05) is 18.2 Å². The Morgan fingerprint density at radius 3 is 2.55 bits per heavy atom. The van der Waals surface area contributed by atoms with Crippen LogP contribution in [0.3, 0.4) is 0 Å². The Kier molecular flexibility index (Phi) is 5.70. The van der Waals surface area contributed by atoms with E-state index < -0.39 is 6.03 Å². The highest BCUT2D eigenvalue weighted by Gasteiger charge is 2.23. The quantitative estimate of drug-likeness (QED) is 0.384. The number of methoxy groups -OCH3 is 1. The molecule has 0 atom stereocenters. The van der Waals surface area contributed by atoms with Gasteiger partial charge in [0.1, 0.15) is 23.5 Å². The number of ketones is 1. The van der Waals surface area contributed by atoms with E-state index in [9.17, 15) is 9.59 Å². The summed E-state index contributed by atoms with van der Waals surface area (Å²) in [4.78, 5) is 33.5. The van der Waals surface area contributed by atoms with Gasteiger partial charge in [0.05, 0.1) is 23.7 Å². The molecule has 0 aliphatic heterocycles. The highest BCUT2D eigenvalue weighted by Crippen LogP contribution is 2.37. The van der Waals surface area contributed by atoms with Crippen molar-refractivity contribution >= 4 is 34.4 Å². The second kappa shape index (κ2) is 8.62. The second-order valence-corrected chi connectivity index (χ2v) is 7.78. The van der Waals surface area contributed by atoms with Gasteiger partial charge in [-0.15, -0.1) is 0 Å². The first-order chi connectivity index (χ1) is 15.8. The zero-order valence-corrected chi connectivity index (χ0v) is 18.5. The predicted octanol–water partition coefficient (Wildman–Crippen LogP) is 3.99. The van der Waals surface area contributed by atoms with Crippen LogP contribution in [0.5, 0.6) is 5.75 Å². The molecule has 0 saturated heterocycles. The van der Waals surface area contributed by atoms with E-state index in [0.717, 1.165) is 0 Å². The minimum atomic E-state index is -0.689. The highest BCUT2D eigenvalue weighted by atomic mass is 16.5. The number of nitrogen functional groups attached to an aromatic ring is 1. The summed E-state index contributed by atoms with van der Waals surface area (Å²) >= 11 is 0. The zero-order chi connectivity index (χ0) is 23.7. The van der Waals surface area contributed by atoms with Crippen molar-refractivity contribution in [2.45, 2.75) is 19.9 Å². The molecule has 0 aliphatic carbocycles. The molecule has 0 aliphatic rings. The van der Waals surface area contributed by atoms with Gasteiger partial charge in [0.25, 0.3) is 0 Å². The summed E-state index contributed by atoms with van der Waals surface area (Å²) in [6, 6.07) is 11.6. The molecule has 0 spiro atoms. The number of urea groups is 1. The van der Waals surface area contributed by atoms with Gasteiger partial charge < -0.3 is 26.1 Å². The van der Waals surface area contributed by atoms with Crippen molar-refractivity contribution in [3.8, 4) is 16.9 Å². The molecule has 0 bridgehead atoms. The third-order valence-electron chi connectivity index (χ3n) is 5.38. The Balaban J connectivity index is 1.88. The summed E-state index contributed by atoms with van der Waals surface area (Å²) < 4.78 is 7.43. The van der Waals surface area contributed by atoms with Gasteiger partial charge in [-0.3, -0.25) is 4.79 Å². The first kappa shape index (κ1) is 21.8. The number of amides is 2. The van der Waals surface area contributed by atoms with Crippen LogP contribution in [-0.2, 0) is 0 Å². The number of rotatable bonds is 6. The molecule has 9 nitrogen and oxygen atoms in total. The van der Waals surface area contributed by atoms with Crippen molar-refractivity contribution in [1.82, 2.24) is 14.5 Å². The van der Waals surface area contributed by atoms with E-state index in [0.29, 0.717) is 44.7 Å². The van der Waals surface area contributed by atoms with Gasteiger partial charge >= 0.3 is 6.03 Å². The van der Waals surface area contributed by atoms with E-state index in [1.54, 1.807) is 43.6 Å². The van der Waals surface area contributed by atoms with E-state index in [-0.39, 0.29) is 17.6 Å². The molecule has 2 aromatic carbocycles. The Morgan fingerprint density at radius 2 is 1.85 bits per heavy atom. The summed E-state index contributed by atoms with van der Waals surface area (Å²) in [5, 5.41) is 3.13. The smallest absolute Gasteiger partial charge is 0.316 e. The van der Waals surface area contributed by atoms with E-state index in [4.69, 9.17) is 16.2 Å². The number of hydrogen-bond donors (Lipinski definition) is 3. The standard InChI is InChI=1S/C24H24N6O3/c1-13(2)30-11-17(20-22(25)27-12-28-23(20)30)21(31)14-8-9-19(33-3)16(10-14)15-6-4-5-7-18(15)29-24(26)32/h4-13H,1-3H3,(H2,25,27,28)(H3,26,29,32). The summed E-state index contributed by atoms with van der Waals surface area (Å²) in [5.41, 5.74) is 14.7. The van der Waals surface area contributed by atoms with Crippen LogP contribution in [0.15, 0.2) is 55.0 Å². The van der Waals surface area contributed by atoms with Crippen molar-refractivity contribution in [3.05, 3.63) is 66.1 Å². The molecular formula is C24H24N6O3. The SMILES string of the molecule is COc1ccc(C(=O)c2cn(C(C)C)c3ncnc(N)c23)cc1-c1ccccc1NC(N)=O. The Morgan fingerprint density at radius 1 is 1.09 bits per heavy atom. The monoisotopic (exact) mass is 444 g/mol. The predicted molar refractivity (Wildman–Crippen MR) is 127 cm³/mol. The molecule has 0 unspecified atom stereocenters. The number of nitrogens with zero attached hydrogens (tertiary/aromatic N) is 3. The van der Waals surface area contributed by atoms with Gasteiger partial charge in [0.15, 0.2) is 5.78 Å².